The monoisotopic (exact) mass is 473 g/mol. The van der Waals surface area contributed by atoms with Gasteiger partial charge in [-0.15, -0.1) is 0 Å². The molecular formula is C25H27N7O3. The lowest BCUT2D eigenvalue weighted by Gasteiger charge is -2.39. The molecule has 10 nitrogen and oxygen atoms in total. The highest BCUT2D eigenvalue weighted by Crippen LogP contribution is 2.34. The van der Waals surface area contributed by atoms with Crippen LogP contribution in [0.15, 0.2) is 60.9 Å². The van der Waals surface area contributed by atoms with Crippen molar-refractivity contribution < 1.29 is 14.6 Å². The van der Waals surface area contributed by atoms with E-state index in [1.807, 2.05) is 59.3 Å². The zero-order valence-electron chi connectivity index (χ0n) is 19.2. The molecule has 4 N–H and O–H groups in total. The fraction of sp³-hybridized carbons (Fsp3) is 0.280. The van der Waals surface area contributed by atoms with Gasteiger partial charge in [0.05, 0.1) is 18.0 Å². The Hall–Kier alpha value is -4.02. The van der Waals surface area contributed by atoms with Gasteiger partial charge in [-0.1, -0.05) is 18.2 Å². The first kappa shape index (κ1) is 22.8. The Kier molecular flexibility index (Phi) is 6.55. The van der Waals surface area contributed by atoms with Crippen LogP contribution in [0.3, 0.4) is 0 Å². The molecule has 1 amide bonds. The number of benzene rings is 2. The molecule has 1 saturated heterocycles. The Balaban J connectivity index is 1.34. The van der Waals surface area contributed by atoms with E-state index in [0.717, 1.165) is 11.3 Å². The van der Waals surface area contributed by atoms with Gasteiger partial charge in [-0.3, -0.25) is 4.79 Å². The smallest absolute Gasteiger partial charge is 0.236 e. The number of anilines is 1. The Morgan fingerprint density at radius 3 is 2.57 bits per heavy atom. The molecule has 1 fully saturated rings. The lowest BCUT2D eigenvalue weighted by atomic mass is 10.1. The largest absolute Gasteiger partial charge is 0.457 e. The zero-order chi connectivity index (χ0) is 24.2. The molecule has 35 heavy (non-hydrogen) atoms. The van der Waals surface area contributed by atoms with Gasteiger partial charge < -0.3 is 25.8 Å². The van der Waals surface area contributed by atoms with E-state index in [-0.39, 0.29) is 25.1 Å². The average Bonchev–Trinajstić information content (AvgIpc) is 3.23. The van der Waals surface area contributed by atoms with Crippen LogP contribution in [0.5, 0.6) is 11.5 Å². The molecule has 0 spiro atoms. The van der Waals surface area contributed by atoms with Crippen LogP contribution in [0, 0.1) is 0 Å². The number of hydrogen-bond donors (Lipinski definition) is 3. The Bertz CT molecular complexity index is 1300. The number of rotatable bonds is 9. The van der Waals surface area contributed by atoms with Gasteiger partial charge in [-0.25, -0.2) is 14.6 Å². The number of nitrogens with one attached hydrogen (secondary N) is 1. The van der Waals surface area contributed by atoms with E-state index in [2.05, 4.69) is 15.3 Å². The maximum absolute atomic E-state index is 12.4. The first-order valence-electron chi connectivity index (χ1n) is 11.6. The third-order valence-corrected chi connectivity index (χ3v) is 5.97. The second-order valence-electron chi connectivity index (χ2n) is 8.40. The standard InChI is InChI=1S/C25H27N7O3/c26-24-22-23(17-7-9-20(10-8-17)35-19-5-2-1-3-6-19)30-32(25(22)29-16-28-24)18-14-31(15-18)21(34)13-27-11-4-12-33/h1-3,5-10,16,18,27,33H,4,11-15H2,(H2,26,28,29). The number of nitrogen functional groups attached to an aromatic ring is 1. The number of para-hydroxylation sites is 1. The molecule has 2 aromatic heterocycles. The van der Waals surface area contributed by atoms with Crippen LogP contribution in [-0.4, -0.2) is 68.4 Å². The van der Waals surface area contributed by atoms with Gasteiger partial charge in [0.25, 0.3) is 0 Å². The van der Waals surface area contributed by atoms with Gasteiger partial charge in [0.15, 0.2) is 5.65 Å². The number of fused-ring (bicyclic) bond motifs is 1. The molecule has 5 rings (SSSR count). The molecule has 0 saturated carbocycles. The highest BCUT2D eigenvalue weighted by molar-refractivity contribution is 5.98. The number of amides is 1. The van der Waals surface area contributed by atoms with Crippen molar-refractivity contribution >= 4 is 22.8 Å². The van der Waals surface area contributed by atoms with Crippen LogP contribution in [-0.2, 0) is 4.79 Å². The summed E-state index contributed by atoms with van der Waals surface area (Å²) in [4.78, 5) is 22.8. The van der Waals surface area contributed by atoms with Gasteiger partial charge in [-0.05, 0) is 49.4 Å². The lowest BCUT2D eigenvalue weighted by Crippen LogP contribution is -2.53. The highest BCUT2D eigenvalue weighted by Gasteiger charge is 2.34. The molecule has 180 valence electrons. The fourth-order valence-electron chi connectivity index (χ4n) is 4.08. The van der Waals surface area contributed by atoms with Crippen molar-refractivity contribution in [3.8, 4) is 22.8 Å². The summed E-state index contributed by atoms with van der Waals surface area (Å²) in [6, 6.07) is 17.2. The molecule has 0 unspecified atom stereocenters. The molecule has 4 aromatic rings. The second-order valence-corrected chi connectivity index (χ2v) is 8.40. The molecule has 3 heterocycles. The van der Waals surface area contributed by atoms with Crippen molar-refractivity contribution in [1.82, 2.24) is 30.0 Å². The summed E-state index contributed by atoms with van der Waals surface area (Å²) in [6.45, 7) is 2.06. The molecule has 0 radical (unpaired) electrons. The van der Waals surface area contributed by atoms with Crippen LogP contribution in [0.4, 0.5) is 5.82 Å². The second kappa shape index (κ2) is 10.1. The minimum absolute atomic E-state index is 0.00243. The van der Waals surface area contributed by atoms with Crippen molar-refractivity contribution in [2.75, 3.05) is 38.5 Å². The fourth-order valence-corrected chi connectivity index (χ4v) is 4.08. The SMILES string of the molecule is Nc1ncnc2c1c(-c1ccc(Oc3ccccc3)cc1)nn2C1CN(C(=O)CNCCCO)C1. The number of nitrogens with zero attached hydrogens (tertiary/aromatic N) is 5. The molecule has 10 heteroatoms. The molecule has 0 atom stereocenters. The van der Waals surface area contributed by atoms with E-state index >= 15 is 0 Å². The van der Waals surface area contributed by atoms with Crippen LogP contribution < -0.4 is 15.8 Å². The highest BCUT2D eigenvalue weighted by atomic mass is 16.5. The molecule has 1 aliphatic heterocycles. The maximum Gasteiger partial charge on any atom is 0.236 e. The minimum Gasteiger partial charge on any atom is -0.457 e. The van der Waals surface area contributed by atoms with Crippen LogP contribution in [0.25, 0.3) is 22.3 Å². The third-order valence-electron chi connectivity index (χ3n) is 5.97. The zero-order valence-corrected chi connectivity index (χ0v) is 19.2. The van der Waals surface area contributed by atoms with Gasteiger partial charge in [-0.2, -0.15) is 5.10 Å². The summed E-state index contributed by atoms with van der Waals surface area (Å²) >= 11 is 0. The third kappa shape index (κ3) is 4.79. The maximum atomic E-state index is 12.4. The van der Waals surface area contributed by atoms with Gasteiger partial charge >= 0.3 is 0 Å². The number of aromatic nitrogens is 4. The summed E-state index contributed by atoms with van der Waals surface area (Å²) in [5, 5.41) is 17.4. The van der Waals surface area contributed by atoms with Crippen molar-refractivity contribution in [3.05, 3.63) is 60.9 Å². The van der Waals surface area contributed by atoms with Gasteiger partial charge in [0, 0.05) is 25.3 Å². The first-order valence-corrected chi connectivity index (χ1v) is 11.6. The first-order chi connectivity index (χ1) is 17.1. The summed E-state index contributed by atoms with van der Waals surface area (Å²) in [7, 11) is 0. The number of aliphatic hydroxyl groups is 1. The minimum atomic E-state index is 0.00243. The van der Waals surface area contributed by atoms with E-state index in [1.165, 1.54) is 6.33 Å². The number of carbonyl (C=O) groups is 1. The van der Waals surface area contributed by atoms with E-state index < -0.39 is 0 Å². The number of ether oxygens (including phenoxy) is 1. The van der Waals surface area contributed by atoms with Crippen LogP contribution in [0.2, 0.25) is 0 Å². The predicted octanol–water partition coefficient (Wildman–Crippen LogP) is 2.22. The predicted molar refractivity (Wildman–Crippen MR) is 132 cm³/mol. The Morgan fingerprint density at radius 1 is 1.09 bits per heavy atom. The topological polar surface area (TPSA) is 131 Å². The van der Waals surface area contributed by atoms with E-state index in [0.29, 0.717) is 54.3 Å². The van der Waals surface area contributed by atoms with Gasteiger partial charge in [0.2, 0.25) is 5.91 Å². The van der Waals surface area contributed by atoms with E-state index in [1.54, 1.807) is 4.90 Å². The van der Waals surface area contributed by atoms with Gasteiger partial charge in [0.1, 0.15) is 29.3 Å². The van der Waals surface area contributed by atoms with Crippen molar-refractivity contribution in [2.24, 2.45) is 0 Å². The number of likely N-dealkylation sites (tertiary alicyclic amines) is 1. The molecule has 0 bridgehead atoms. The molecule has 2 aromatic carbocycles. The Morgan fingerprint density at radius 2 is 1.83 bits per heavy atom. The molecule has 1 aliphatic rings. The normalized spacial score (nSPS) is 13.7. The Labute approximate surface area is 202 Å². The number of nitrogens with two attached hydrogens (primary N) is 1. The average molecular weight is 474 g/mol. The quantitative estimate of drug-likeness (QED) is 0.315. The molecule has 0 aliphatic carbocycles. The summed E-state index contributed by atoms with van der Waals surface area (Å²) in [5.41, 5.74) is 8.45. The molecular weight excluding hydrogens is 446 g/mol. The summed E-state index contributed by atoms with van der Waals surface area (Å²) in [6.07, 6.45) is 2.06. The lowest BCUT2D eigenvalue weighted by molar-refractivity contribution is -0.136. The van der Waals surface area contributed by atoms with E-state index in [4.69, 9.17) is 20.7 Å². The van der Waals surface area contributed by atoms with Crippen LogP contribution >= 0.6 is 0 Å². The van der Waals surface area contributed by atoms with Crippen molar-refractivity contribution in [2.45, 2.75) is 12.5 Å². The number of hydrogen-bond acceptors (Lipinski definition) is 8. The number of carbonyl (C=O) groups excluding carboxylic acids is 1. The van der Waals surface area contributed by atoms with Crippen molar-refractivity contribution in [1.29, 1.82) is 0 Å². The van der Waals surface area contributed by atoms with Crippen LogP contribution in [0.1, 0.15) is 12.5 Å². The summed E-state index contributed by atoms with van der Waals surface area (Å²) in [5.74, 6) is 1.87. The van der Waals surface area contributed by atoms with E-state index in [9.17, 15) is 4.79 Å². The number of aliphatic hydroxyl groups excluding tert-OH is 1. The van der Waals surface area contributed by atoms with Crippen molar-refractivity contribution in [3.63, 3.8) is 0 Å². The summed E-state index contributed by atoms with van der Waals surface area (Å²) < 4.78 is 7.74.